The number of carbonyl (C=O) groups excluding carboxylic acids is 1. The van der Waals surface area contributed by atoms with Crippen molar-refractivity contribution in [2.75, 3.05) is 20.3 Å². The minimum absolute atomic E-state index is 0.00983. The number of fused-ring (bicyclic) bond motifs is 1. The predicted octanol–water partition coefficient (Wildman–Crippen LogP) is 0.428. The second-order valence-electron chi connectivity index (χ2n) is 4.75. The maximum atomic E-state index is 12.4. The van der Waals surface area contributed by atoms with Crippen molar-refractivity contribution in [2.24, 2.45) is 0 Å². The van der Waals surface area contributed by atoms with Gasteiger partial charge in [0.15, 0.2) is 0 Å². The van der Waals surface area contributed by atoms with Crippen LogP contribution in [0.3, 0.4) is 0 Å². The number of nitrogens with one attached hydrogen (secondary N) is 1. The number of aromatic amines is 1. The summed E-state index contributed by atoms with van der Waals surface area (Å²) in [6, 6.07) is 1.82. The number of likely N-dealkylation sites (tertiary alicyclic amines) is 1. The highest BCUT2D eigenvalue weighted by molar-refractivity contribution is 5.92. The van der Waals surface area contributed by atoms with E-state index in [1.54, 1.807) is 19.4 Å². The first kappa shape index (κ1) is 11.7. The normalized spacial score (nSPS) is 31.4. The Labute approximate surface area is 105 Å². The van der Waals surface area contributed by atoms with E-state index in [-0.39, 0.29) is 24.2 Å². The van der Waals surface area contributed by atoms with Crippen molar-refractivity contribution >= 4 is 5.91 Å². The quantitative estimate of drug-likeness (QED) is 0.827. The van der Waals surface area contributed by atoms with Gasteiger partial charge in [0.2, 0.25) is 0 Å². The lowest BCUT2D eigenvalue weighted by Gasteiger charge is -2.31. The van der Waals surface area contributed by atoms with Crippen molar-refractivity contribution in [1.82, 2.24) is 15.1 Å². The van der Waals surface area contributed by atoms with Gasteiger partial charge in [0.1, 0.15) is 17.9 Å². The van der Waals surface area contributed by atoms with Crippen LogP contribution in [0.5, 0.6) is 0 Å². The molecular weight excluding hydrogens is 234 g/mol. The molecule has 0 bridgehead atoms. The summed E-state index contributed by atoms with van der Waals surface area (Å²) in [6.45, 7) is 1.34. The lowest BCUT2D eigenvalue weighted by atomic mass is 10.0. The number of nitrogens with zero attached hydrogens (tertiary/aromatic N) is 2. The van der Waals surface area contributed by atoms with Crippen LogP contribution in [0.1, 0.15) is 23.3 Å². The number of aromatic nitrogens is 2. The van der Waals surface area contributed by atoms with E-state index in [0.717, 1.165) is 19.4 Å². The van der Waals surface area contributed by atoms with Crippen molar-refractivity contribution in [3.05, 3.63) is 18.0 Å². The first-order valence-corrected chi connectivity index (χ1v) is 6.26. The molecule has 0 aromatic carbocycles. The fraction of sp³-hybridized carbons (Fsp3) is 0.667. The van der Waals surface area contributed by atoms with Gasteiger partial charge >= 0.3 is 0 Å². The van der Waals surface area contributed by atoms with Gasteiger partial charge in [0.25, 0.3) is 5.91 Å². The first-order valence-electron chi connectivity index (χ1n) is 6.26. The maximum absolute atomic E-state index is 12.4. The molecule has 1 aromatic rings. The summed E-state index contributed by atoms with van der Waals surface area (Å²) in [7, 11) is 1.67. The molecular formula is C12H17N3O3. The van der Waals surface area contributed by atoms with Gasteiger partial charge in [-0.2, -0.15) is 5.10 Å². The Kier molecular flexibility index (Phi) is 3.05. The lowest BCUT2D eigenvalue weighted by molar-refractivity contribution is -0.0639. The zero-order valence-corrected chi connectivity index (χ0v) is 10.3. The predicted molar refractivity (Wildman–Crippen MR) is 63.2 cm³/mol. The summed E-state index contributed by atoms with van der Waals surface area (Å²) in [6.07, 6.45) is 3.54. The third kappa shape index (κ3) is 1.81. The fourth-order valence-electron chi connectivity index (χ4n) is 2.88. The molecule has 0 aliphatic carbocycles. The summed E-state index contributed by atoms with van der Waals surface area (Å²) in [5, 5.41) is 6.54. The molecule has 0 radical (unpaired) electrons. The van der Waals surface area contributed by atoms with Gasteiger partial charge in [-0.1, -0.05) is 0 Å². The summed E-state index contributed by atoms with van der Waals surface area (Å²) >= 11 is 0. The molecule has 1 amide bonds. The van der Waals surface area contributed by atoms with E-state index in [0.29, 0.717) is 12.2 Å². The fourth-order valence-corrected chi connectivity index (χ4v) is 2.88. The highest BCUT2D eigenvalue weighted by Crippen LogP contribution is 2.31. The van der Waals surface area contributed by atoms with E-state index in [1.807, 2.05) is 4.90 Å². The lowest BCUT2D eigenvalue weighted by Crippen LogP contribution is -2.43. The van der Waals surface area contributed by atoms with Gasteiger partial charge in [-0.3, -0.25) is 9.89 Å². The van der Waals surface area contributed by atoms with E-state index >= 15 is 0 Å². The summed E-state index contributed by atoms with van der Waals surface area (Å²) in [5.74, 6) is -0.0208. The molecule has 3 rings (SSSR count). The minimum Gasteiger partial charge on any atom is -0.377 e. The van der Waals surface area contributed by atoms with E-state index in [2.05, 4.69) is 10.2 Å². The number of carbonyl (C=O) groups is 1. The molecule has 0 saturated carbocycles. The summed E-state index contributed by atoms with van der Waals surface area (Å²) in [5.41, 5.74) is 0.524. The third-order valence-corrected chi connectivity index (χ3v) is 3.77. The van der Waals surface area contributed by atoms with Gasteiger partial charge in [0.05, 0.1) is 12.6 Å². The second kappa shape index (κ2) is 4.70. The molecule has 3 atom stereocenters. The Hall–Kier alpha value is -1.40. The zero-order chi connectivity index (χ0) is 12.5. The van der Waals surface area contributed by atoms with Crippen LogP contribution in [0.2, 0.25) is 0 Å². The smallest absolute Gasteiger partial charge is 0.272 e. The molecule has 0 spiro atoms. The van der Waals surface area contributed by atoms with Gasteiger partial charge in [0, 0.05) is 19.9 Å². The van der Waals surface area contributed by atoms with Crippen molar-refractivity contribution < 1.29 is 14.3 Å². The Morgan fingerprint density at radius 2 is 2.56 bits per heavy atom. The van der Waals surface area contributed by atoms with Crippen LogP contribution in [0.4, 0.5) is 0 Å². The molecule has 98 valence electrons. The van der Waals surface area contributed by atoms with E-state index in [4.69, 9.17) is 9.47 Å². The van der Waals surface area contributed by atoms with Gasteiger partial charge in [-0.05, 0) is 18.9 Å². The highest BCUT2D eigenvalue weighted by atomic mass is 16.5. The largest absolute Gasteiger partial charge is 0.377 e. The second-order valence-corrected chi connectivity index (χ2v) is 4.75. The molecule has 2 fully saturated rings. The van der Waals surface area contributed by atoms with Crippen LogP contribution in [0.15, 0.2) is 12.3 Å². The number of H-pyrrole nitrogens is 1. The molecule has 18 heavy (non-hydrogen) atoms. The van der Waals surface area contributed by atoms with E-state index in [9.17, 15) is 4.79 Å². The van der Waals surface area contributed by atoms with E-state index in [1.165, 1.54) is 0 Å². The Morgan fingerprint density at radius 1 is 1.67 bits per heavy atom. The third-order valence-electron chi connectivity index (χ3n) is 3.77. The SMILES string of the molecule is CO[C@H]1CN(C(=O)c2ccn[nH]2)[C@@H]2CCCO[C@H]12. The number of amides is 1. The molecule has 2 aliphatic rings. The van der Waals surface area contributed by atoms with Crippen LogP contribution < -0.4 is 0 Å². The highest BCUT2D eigenvalue weighted by Gasteiger charge is 2.46. The number of rotatable bonds is 2. The van der Waals surface area contributed by atoms with Crippen molar-refractivity contribution in [1.29, 1.82) is 0 Å². The molecule has 3 heterocycles. The standard InChI is InChI=1S/C12H17N3O3/c1-17-10-7-15(9-3-2-6-18-11(9)10)12(16)8-4-5-13-14-8/h4-5,9-11H,2-3,6-7H2,1H3,(H,13,14)/t9-,10+,11+/m1/s1. The molecule has 2 saturated heterocycles. The molecule has 1 N–H and O–H groups in total. The number of hydrogen-bond donors (Lipinski definition) is 1. The number of methoxy groups -OCH3 is 1. The summed E-state index contributed by atoms with van der Waals surface area (Å²) in [4.78, 5) is 14.2. The number of hydrogen-bond acceptors (Lipinski definition) is 4. The molecule has 6 heteroatoms. The van der Waals surface area contributed by atoms with Crippen LogP contribution in [-0.2, 0) is 9.47 Å². The Bertz CT molecular complexity index is 420. The topological polar surface area (TPSA) is 67.5 Å². The Balaban J connectivity index is 1.82. The summed E-state index contributed by atoms with van der Waals surface area (Å²) < 4.78 is 11.2. The Morgan fingerprint density at radius 3 is 3.28 bits per heavy atom. The van der Waals surface area contributed by atoms with Crippen molar-refractivity contribution in [2.45, 2.75) is 31.1 Å². The maximum Gasteiger partial charge on any atom is 0.272 e. The van der Waals surface area contributed by atoms with Gasteiger partial charge < -0.3 is 14.4 Å². The van der Waals surface area contributed by atoms with Crippen molar-refractivity contribution in [3.8, 4) is 0 Å². The average Bonchev–Trinajstić information content (AvgIpc) is 3.05. The zero-order valence-electron chi connectivity index (χ0n) is 10.3. The first-order chi connectivity index (χ1) is 8.81. The monoisotopic (exact) mass is 251 g/mol. The molecule has 2 aliphatic heterocycles. The average molecular weight is 251 g/mol. The molecule has 1 aromatic heterocycles. The molecule has 0 unspecified atom stereocenters. The molecule has 6 nitrogen and oxygen atoms in total. The van der Waals surface area contributed by atoms with Gasteiger partial charge in [-0.15, -0.1) is 0 Å². The van der Waals surface area contributed by atoms with Crippen LogP contribution in [0, 0.1) is 0 Å². The minimum atomic E-state index is -0.0258. The van der Waals surface area contributed by atoms with Crippen LogP contribution in [-0.4, -0.2) is 59.5 Å². The number of ether oxygens (including phenoxy) is 2. The van der Waals surface area contributed by atoms with E-state index < -0.39 is 0 Å². The van der Waals surface area contributed by atoms with Crippen molar-refractivity contribution in [3.63, 3.8) is 0 Å². The van der Waals surface area contributed by atoms with Crippen LogP contribution >= 0.6 is 0 Å². The van der Waals surface area contributed by atoms with Crippen LogP contribution in [0.25, 0.3) is 0 Å². The van der Waals surface area contributed by atoms with Gasteiger partial charge in [-0.25, -0.2) is 0 Å².